The van der Waals surface area contributed by atoms with Crippen LogP contribution in [-0.2, 0) is 4.79 Å². The van der Waals surface area contributed by atoms with Gasteiger partial charge >= 0.3 is 0 Å². The quantitative estimate of drug-likeness (QED) is 0.580. The number of aryl methyl sites for hydroxylation is 1. The summed E-state index contributed by atoms with van der Waals surface area (Å²) in [6.07, 6.45) is 0.801. The van der Waals surface area contributed by atoms with Crippen molar-refractivity contribution in [2.75, 3.05) is 5.75 Å². The molecular weight excluding hydrogens is 220 g/mol. The van der Waals surface area contributed by atoms with Gasteiger partial charge in [0.15, 0.2) is 11.4 Å². The molecule has 0 aliphatic rings. The first-order valence-electron chi connectivity index (χ1n) is 4.81. The molecule has 1 aromatic rings. The molecule has 0 spiro atoms. The van der Waals surface area contributed by atoms with Crippen LogP contribution < -0.4 is 0 Å². The monoisotopic (exact) mass is 232 g/mol. The molecule has 0 saturated carbocycles. The smallest absolute Gasteiger partial charge is 0.186 e. The molecule has 1 aromatic carbocycles. The number of carbonyl (C=O) groups is 2. The molecule has 0 aliphatic carbocycles. The third kappa shape index (κ3) is 3.92. The van der Waals surface area contributed by atoms with Crippen molar-refractivity contribution in [1.82, 2.24) is 0 Å². The van der Waals surface area contributed by atoms with E-state index in [-0.39, 0.29) is 5.12 Å². The Bertz CT molecular complexity index is 467. The van der Waals surface area contributed by atoms with Gasteiger partial charge in [-0.15, -0.1) is 0 Å². The molecule has 0 saturated heterocycles. The summed E-state index contributed by atoms with van der Waals surface area (Å²) in [5.74, 6) is 6.21. The van der Waals surface area contributed by atoms with Gasteiger partial charge in [-0.05, 0) is 19.1 Å². The predicted molar refractivity (Wildman–Crippen MR) is 66.6 cm³/mol. The molecule has 16 heavy (non-hydrogen) atoms. The maximum absolute atomic E-state index is 10.8. The molecule has 2 nitrogen and oxygen atoms in total. The summed E-state index contributed by atoms with van der Waals surface area (Å²) in [7, 11) is 0. The fraction of sp³-hybridized carbons (Fsp3) is 0.231. The number of aldehydes is 1. The van der Waals surface area contributed by atoms with Gasteiger partial charge in [0.2, 0.25) is 0 Å². The Morgan fingerprint density at radius 3 is 2.88 bits per heavy atom. The molecule has 0 aromatic heterocycles. The van der Waals surface area contributed by atoms with Gasteiger partial charge in [0.25, 0.3) is 0 Å². The zero-order valence-corrected chi connectivity index (χ0v) is 10.1. The van der Waals surface area contributed by atoms with Gasteiger partial charge in [-0.25, -0.2) is 0 Å². The third-order valence-corrected chi connectivity index (χ3v) is 2.60. The molecule has 0 atom stereocenters. The highest BCUT2D eigenvalue weighted by Gasteiger charge is 1.98. The topological polar surface area (TPSA) is 34.1 Å². The predicted octanol–water partition coefficient (Wildman–Crippen LogP) is 2.44. The van der Waals surface area contributed by atoms with Crippen molar-refractivity contribution in [3.63, 3.8) is 0 Å². The van der Waals surface area contributed by atoms with Gasteiger partial charge in [0.05, 0.1) is 5.75 Å². The summed E-state index contributed by atoms with van der Waals surface area (Å²) in [4.78, 5) is 21.5. The number of carbonyl (C=O) groups excluding carboxylic acids is 2. The summed E-state index contributed by atoms with van der Waals surface area (Å²) >= 11 is 1.17. The average molecular weight is 232 g/mol. The van der Waals surface area contributed by atoms with Crippen molar-refractivity contribution in [1.29, 1.82) is 0 Å². The van der Waals surface area contributed by atoms with Crippen molar-refractivity contribution in [2.45, 2.75) is 13.8 Å². The van der Waals surface area contributed by atoms with Gasteiger partial charge in [0.1, 0.15) is 0 Å². The summed E-state index contributed by atoms with van der Waals surface area (Å²) in [5, 5.41) is 0.0498. The van der Waals surface area contributed by atoms with Gasteiger partial charge in [0, 0.05) is 18.1 Å². The van der Waals surface area contributed by atoms with E-state index >= 15 is 0 Å². The Balaban J connectivity index is 2.80. The van der Waals surface area contributed by atoms with Crippen molar-refractivity contribution < 1.29 is 9.59 Å². The van der Waals surface area contributed by atoms with Gasteiger partial charge in [-0.1, -0.05) is 35.2 Å². The van der Waals surface area contributed by atoms with E-state index in [0.29, 0.717) is 16.9 Å². The first-order valence-corrected chi connectivity index (χ1v) is 5.80. The van der Waals surface area contributed by atoms with E-state index in [9.17, 15) is 9.59 Å². The number of rotatable bonds is 2. The SMILES string of the molecule is CC(=O)SCC#Cc1ccc(C)cc1C=O. The molecule has 1 rings (SSSR count). The lowest BCUT2D eigenvalue weighted by atomic mass is 10.1. The average Bonchev–Trinajstić information content (AvgIpc) is 2.25. The first kappa shape index (κ1) is 12.5. The highest BCUT2D eigenvalue weighted by molar-refractivity contribution is 8.13. The van der Waals surface area contributed by atoms with Crippen LogP contribution in [0.2, 0.25) is 0 Å². The Morgan fingerprint density at radius 1 is 1.50 bits per heavy atom. The van der Waals surface area contributed by atoms with Crippen LogP contribution in [0.3, 0.4) is 0 Å². The molecule has 0 aliphatic heterocycles. The molecule has 0 fully saturated rings. The molecule has 0 N–H and O–H groups in total. The minimum absolute atomic E-state index is 0.0498. The summed E-state index contributed by atoms with van der Waals surface area (Å²) in [5.41, 5.74) is 2.34. The van der Waals surface area contributed by atoms with Crippen LogP contribution in [0.5, 0.6) is 0 Å². The van der Waals surface area contributed by atoms with E-state index in [1.165, 1.54) is 18.7 Å². The highest BCUT2D eigenvalue weighted by atomic mass is 32.2. The van der Waals surface area contributed by atoms with Crippen LogP contribution in [0.1, 0.15) is 28.4 Å². The number of hydrogen-bond donors (Lipinski definition) is 0. The van der Waals surface area contributed by atoms with Crippen LogP contribution in [0.4, 0.5) is 0 Å². The molecular formula is C13H12O2S. The fourth-order valence-corrected chi connectivity index (χ4v) is 1.51. The lowest BCUT2D eigenvalue weighted by molar-refractivity contribution is -0.109. The van der Waals surface area contributed by atoms with Crippen molar-refractivity contribution in [3.8, 4) is 11.8 Å². The molecule has 0 heterocycles. The summed E-state index contributed by atoms with van der Waals surface area (Å²) in [6, 6.07) is 5.54. The van der Waals surface area contributed by atoms with E-state index in [2.05, 4.69) is 11.8 Å². The minimum Gasteiger partial charge on any atom is -0.298 e. The van der Waals surface area contributed by atoms with E-state index in [1.807, 2.05) is 19.1 Å². The zero-order chi connectivity index (χ0) is 12.0. The molecule has 0 bridgehead atoms. The van der Waals surface area contributed by atoms with Crippen LogP contribution >= 0.6 is 11.8 Å². The second kappa shape index (κ2) is 6.14. The van der Waals surface area contributed by atoms with Crippen LogP contribution in [0.15, 0.2) is 18.2 Å². The normalized spacial score (nSPS) is 9.12. The van der Waals surface area contributed by atoms with Crippen LogP contribution in [0.25, 0.3) is 0 Å². The highest BCUT2D eigenvalue weighted by Crippen LogP contribution is 2.08. The van der Waals surface area contributed by atoms with Gasteiger partial charge in [-0.2, -0.15) is 0 Å². The second-order valence-electron chi connectivity index (χ2n) is 3.29. The van der Waals surface area contributed by atoms with Gasteiger partial charge in [-0.3, -0.25) is 9.59 Å². The Hall–Kier alpha value is -1.53. The third-order valence-electron chi connectivity index (χ3n) is 1.90. The van der Waals surface area contributed by atoms with Crippen LogP contribution in [0, 0.1) is 18.8 Å². The van der Waals surface area contributed by atoms with E-state index < -0.39 is 0 Å². The summed E-state index contributed by atoms with van der Waals surface area (Å²) < 4.78 is 0. The van der Waals surface area contributed by atoms with E-state index in [1.54, 1.807) is 6.07 Å². The standard InChI is InChI=1S/C13H12O2S/c1-10-5-6-12(13(8-10)9-14)4-3-7-16-11(2)15/h5-6,8-9H,7H2,1-2H3. The maximum Gasteiger partial charge on any atom is 0.186 e. The Kier molecular flexibility index (Phi) is 4.81. The molecule has 0 amide bonds. The molecule has 3 heteroatoms. The number of thioether (sulfide) groups is 1. The van der Waals surface area contributed by atoms with E-state index in [4.69, 9.17) is 0 Å². The second-order valence-corrected chi connectivity index (χ2v) is 4.44. The Labute approximate surface area is 99.4 Å². The van der Waals surface area contributed by atoms with Gasteiger partial charge < -0.3 is 0 Å². The Morgan fingerprint density at radius 2 is 2.25 bits per heavy atom. The lowest BCUT2D eigenvalue weighted by Gasteiger charge is -1.97. The van der Waals surface area contributed by atoms with Crippen molar-refractivity contribution in [2.24, 2.45) is 0 Å². The number of hydrogen-bond acceptors (Lipinski definition) is 3. The number of benzene rings is 1. The largest absolute Gasteiger partial charge is 0.298 e. The first-order chi connectivity index (χ1) is 7.63. The molecule has 82 valence electrons. The fourth-order valence-electron chi connectivity index (χ4n) is 1.16. The molecule has 0 radical (unpaired) electrons. The van der Waals surface area contributed by atoms with E-state index in [0.717, 1.165) is 11.8 Å². The summed E-state index contributed by atoms with van der Waals surface area (Å²) in [6.45, 7) is 3.44. The van der Waals surface area contributed by atoms with Crippen LogP contribution in [-0.4, -0.2) is 17.2 Å². The van der Waals surface area contributed by atoms with Crippen molar-refractivity contribution >= 4 is 23.2 Å². The van der Waals surface area contributed by atoms with Crippen molar-refractivity contribution in [3.05, 3.63) is 34.9 Å². The minimum atomic E-state index is 0.0498. The lowest BCUT2D eigenvalue weighted by Crippen LogP contribution is -1.89. The molecule has 0 unspecified atom stereocenters. The zero-order valence-electron chi connectivity index (χ0n) is 9.24. The maximum atomic E-state index is 10.8.